The molecule has 0 N–H and O–H groups in total. The first-order valence-electron chi connectivity index (χ1n) is 6.35. The van der Waals surface area contributed by atoms with Crippen LogP contribution in [0.2, 0.25) is 0 Å². The zero-order valence-corrected chi connectivity index (χ0v) is 11.9. The van der Waals surface area contributed by atoms with Crippen molar-refractivity contribution in [1.29, 1.82) is 0 Å². The highest BCUT2D eigenvalue weighted by Gasteiger charge is 2.04. The van der Waals surface area contributed by atoms with Crippen LogP contribution < -0.4 is 0 Å². The number of carbonyl (C=O) groups excluding carboxylic acids is 1. The van der Waals surface area contributed by atoms with E-state index in [0.717, 1.165) is 11.1 Å². The molecule has 0 aliphatic carbocycles. The molecule has 0 aromatic heterocycles. The number of allylic oxidation sites excluding steroid dienone is 5. The van der Waals surface area contributed by atoms with Crippen molar-refractivity contribution in [3.63, 3.8) is 0 Å². The van der Waals surface area contributed by atoms with E-state index in [2.05, 4.69) is 4.99 Å². The predicted molar refractivity (Wildman–Crippen MR) is 82.1 cm³/mol. The summed E-state index contributed by atoms with van der Waals surface area (Å²) in [6, 6.07) is 6.06. The van der Waals surface area contributed by atoms with E-state index in [1.807, 2.05) is 38.2 Å². The molecule has 0 amide bonds. The van der Waals surface area contributed by atoms with Crippen molar-refractivity contribution < 1.29 is 9.18 Å². The molecule has 0 saturated carbocycles. The fourth-order valence-electron chi connectivity index (χ4n) is 1.58. The van der Waals surface area contributed by atoms with Crippen molar-refractivity contribution >= 4 is 17.7 Å². The Balaban J connectivity index is 3.31. The minimum atomic E-state index is -0.300. The molecule has 2 nitrogen and oxygen atoms in total. The van der Waals surface area contributed by atoms with Crippen LogP contribution in [0.5, 0.6) is 0 Å². The van der Waals surface area contributed by atoms with Gasteiger partial charge >= 0.3 is 0 Å². The van der Waals surface area contributed by atoms with Crippen LogP contribution in [0.1, 0.15) is 26.3 Å². The van der Waals surface area contributed by atoms with Crippen LogP contribution in [0.15, 0.2) is 59.1 Å². The maximum Gasteiger partial charge on any atom is 0.163 e. The van der Waals surface area contributed by atoms with Gasteiger partial charge in [-0.15, -0.1) is 0 Å². The summed E-state index contributed by atoms with van der Waals surface area (Å²) < 4.78 is 13.0. The molecule has 1 rings (SSSR count). The van der Waals surface area contributed by atoms with Crippen molar-refractivity contribution in [2.75, 3.05) is 0 Å². The number of rotatable bonds is 5. The summed E-state index contributed by atoms with van der Waals surface area (Å²) in [4.78, 5) is 15.1. The quantitative estimate of drug-likeness (QED) is 0.445. The van der Waals surface area contributed by atoms with Gasteiger partial charge in [-0.3, -0.25) is 4.79 Å². The van der Waals surface area contributed by atoms with E-state index in [-0.39, 0.29) is 5.82 Å². The van der Waals surface area contributed by atoms with E-state index >= 15 is 0 Å². The van der Waals surface area contributed by atoms with E-state index in [4.69, 9.17) is 0 Å². The van der Waals surface area contributed by atoms with Crippen molar-refractivity contribution in [1.82, 2.24) is 0 Å². The fraction of sp³-hybridized carbons (Fsp3) is 0.176. The summed E-state index contributed by atoms with van der Waals surface area (Å²) in [6.07, 6.45) is 8.32. The second-order valence-electron chi connectivity index (χ2n) is 4.29. The second kappa shape index (κ2) is 8.00. The number of aldehydes is 1. The molecule has 0 spiro atoms. The van der Waals surface area contributed by atoms with Crippen LogP contribution in [-0.4, -0.2) is 12.0 Å². The molecule has 104 valence electrons. The van der Waals surface area contributed by atoms with Crippen molar-refractivity contribution in [2.45, 2.75) is 20.8 Å². The lowest BCUT2D eigenvalue weighted by molar-refractivity contribution is -0.102. The lowest BCUT2D eigenvalue weighted by Crippen LogP contribution is -1.95. The van der Waals surface area contributed by atoms with Gasteiger partial charge in [0, 0.05) is 5.56 Å². The Bertz CT molecular complexity index is 578. The largest absolute Gasteiger partial charge is 0.297 e. The van der Waals surface area contributed by atoms with Crippen LogP contribution in [0.25, 0.3) is 5.70 Å². The Morgan fingerprint density at radius 1 is 1.15 bits per heavy atom. The molecule has 0 heterocycles. The minimum Gasteiger partial charge on any atom is -0.297 e. The SMILES string of the molecule is C\C=C/C=C\C(C)=C(\N=C(C)C=O)c1ccc(F)cc1. The van der Waals surface area contributed by atoms with Gasteiger partial charge in [-0.05, 0) is 50.6 Å². The van der Waals surface area contributed by atoms with Gasteiger partial charge < -0.3 is 0 Å². The Labute approximate surface area is 119 Å². The molecular formula is C17H18FNO. The average molecular weight is 271 g/mol. The highest BCUT2D eigenvalue weighted by atomic mass is 19.1. The van der Waals surface area contributed by atoms with E-state index in [9.17, 15) is 9.18 Å². The Morgan fingerprint density at radius 2 is 1.80 bits per heavy atom. The van der Waals surface area contributed by atoms with Crippen LogP contribution in [0.4, 0.5) is 4.39 Å². The van der Waals surface area contributed by atoms with Gasteiger partial charge in [-0.1, -0.05) is 24.3 Å². The Hall–Kier alpha value is -2.29. The van der Waals surface area contributed by atoms with Gasteiger partial charge in [0.05, 0.1) is 11.4 Å². The van der Waals surface area contributed by atoms with Crippen LogP contribution in [0.3, 0.4) is 0 Å². The number of halogens is 1. The van der Waals surface area contributed by atoms with Gasteiger partial charge in [0.1, 0.15) is 5.82 Å². The first-order chi connectivity index (χ1) is 9.58. The van der Waals surface area contributed by atoms with E-state index < -0.39 is 0 Å². The highest BCUT2D eigenvalue weighted by molar-refractivity contribution is 6.28. The molecule has 0 aliphatic rings. The maximum atomic E-state index is 13.0. The maximum absolute atomic E-state index is 13.0. The molecule has 0 atom stereocenters. The molecule has 3 heteroatoms. The first kappa shape index (κ1) is 15.8. The summed E-state index contributed by atoms with van der Waals surface area (Å²) >= 11 is 0. The number of hydrogen-bond donors (Lipinski definition) is 0. The van der Waals surface area contributed by atoms with E-state index in [1.54, 1.807) is 19.1 Å². The summed E-state index contributed by atoms with van der Waals surface area (Å²) in [7, 11) is 0. The molecule has 0 unspecified atom stereocenters. The normalized spacial score (nSPS) is 13.9. The lowest BCUT2D eigenvalue weighted by atomic mass is 10.1. The lowest BCUT2D eigenvalue weighted by Gasteiger charge is -2.06. The van der Waals surface area contributed by atoms with Crippen LogP contribution >= 0.6 is 0 Å². The van der Waals surface area contributed by atoms with Crippen molar-refractivity contribution in [3.05, 3.63) is 65.5 Å². The summed E-state index contributed by atoms with van der Waals surface area (Å²) in [6.45, 7) is 5.47. The van der Waals surface area contributed by atoms with Crippen molar-refractivity contribution in [2.24, 2.45) is 4.99 Å². The zero-order valence-electron chi connectivity index (χ0n) is 11.9. The molecule has 0 radical (unpaired) electrons. The van der Waals surface area contributed by atoms with E-state index in [0.29, 0.717) is 17.7 Å². The average Bonchev–Trinajstić information content (AvgIpc) is 2.45. The number of benzene rings is 1. The molecule has 1 aromatic carbocycles. The third kappa shape index (κ3) is 4.76. The molecule has 0 aliphatic heterocycles. The number of aliphatic imine (C=N–C) groups is 1. The van der Waals surface area contributed by atoms with Crippen LogP contribution in [-0.2, 0) is 4.79 Å². The van der Waals surface area contributed by atoms with Gasteiger partial charge in [-0.25, -0.2) is 9.38 Å². The Morgan fingerprint density at radius 3 is 2.35 bits per heavy atom. The number of carbonyl (C=O) groups is 1. The zero-order chi connectivity index (χ0) is 15.0. The monoisotopic (exact) mass is 271 g/mol. The molecule has 0 saturated heterocycles. The molecule has 0 fully saturated rings. The fourth-order valence-corrected chi connectivity index (χ4v) is 1.58. The summed E-state index contributed by atoms with van der Waals surface area (Å²) in [5.41, 5.74) is 2.71. The van der Waals surface area contributed by atoms with Gasteiger partial charge in [0.15, 0.2) is 6.29 Å². The Kier molecular flexibility index (Phi) is 6.30. The van der Waals surface area contributed by atoms with Crippen LogP contribution in [0, 0.1) is 5.82 Å². The summed E-state index contributed by atoms with van der Waals surface area (Å²) in [5.74, 6) is -0.300. The van der Waals surface area contributed by atoms with Gasteiger partial charge in [-0.2, -0.15) is 0 Å². The molecule has 1 aromatic rings. The topological polar surface area (TPSA) is 29.4 Å². The predicted octanol–water partition coefficient (Wildman–Crippen LogP) is 4.35. The van der Waals surface area contributed by atoms with Crippen molar-refractivity contribution in [3.8, 4) is 0 Å². The third-order valence-electron chi connectivity index (χ3n) is 2.60. The first-order valence-corrected chi connectivity index (χ1v) is 6.35. The molecule has 0 bridgehead atoms. The summed E-state index contributed by atoms with van der Waals surface area (Å²) in [5, 5.41) is 0. The van der Waals surface area contributed by atoms with Gasteiger partial charge in [0.2, 0.25) is 0 Å². The smallest absolute Gasteiger partial charge is 0.163 e. The number of nitrogens with zero attached hydrogens (tertiary/aromatic N) is 1. The number of hydrogen-bond acceptors (Lipinski definition) is 2. The minimum absolute atomic E-state index is 0.300. The van der Waals surface area contributed by atoms with E-state index in [1.165, 1.54) is 12.1 Å². The standard InChI is InChI=1S/C17H18FNO/c1-4-5-6-7-13(2)17(19-14(3)12-20)15-8-10-16(18)11-9-15/h4-12H,1-3H3/b5-4-,7-6-,17-13+,19-14?. The third-order valence-corrected chi connectivity index (χ3v) is 2.60. The molecular weight excluding hydrogens is 253 g/mol. The van der Waals surface area contributed by atoms with Gasteiger partial charge in [0.25, 0.3) is 0 Å². The molecule has 20 heavy (non-hydrogen) atoms. The highest BCUT2D eigenvalue weighted by Crippen LogP contribution is 2.21. The second-order valence-corrected chi connectivity index (χ2v) is 4.29.